The van der Waals surface area contributed by atoms with Crippen LogP contribution in [0.5, 0.6) is 0 Å². The number of aromatic amines is 1. The molecule has 1 aliphatic heterocycles. The highest BCUT2D eigenvalue weighted by Crippen LogP contribution is 2.42. The van der Waals surface area contributed by atoms with Crippen LogP contribution in [0.25, 0.3) is 22.2 Å². The SMILES string of the molecule is Cc1ccc(-c2ccc(C#N)cc2)c(C(=O)N2CCCC2(C)c2nc3cc(Cl)c(C(F)(F)F)cc3[nH]2)c1. The zero-order valence-corrected chi connectivity index (χ0v) is 20.8. The molecule has 0 saturated carbocycles. The molecule has 37 heavy (non-hydrogen) atoms. The van der Waals surface area contributed by atoms with Crippen LogP contribution in [0.15, 0.2) is 54.6 Å². The molecule has 1 unspecified atom stereocenters. The van der Waals surface area contributed by atoms with E-state index >= 15 is 0 Å². The predicted octanol–water partition coefficient (Wildman–Crippen LogP) is 7.23. The number of halogens is 4. The molecule has 188 valence electrons. The number of amides is 1. The number of H-pyrrole nitrogens is 1. The van der Waals surface area contributed by atoms with E-state index in [1.807, 2.05) is 44.2 Å². The van der Waals surface area contributed by atoms with Gasteiger partial charge in [-0.3, -0.25) is 4.79 Å². The molecule has 0 aliphatic carbocycles. The van der Waals surface area contributed by atoms with E-state index < -0.39 is 22.3 Å². The van der Waals surface area contributed by atoms with E-state index in [2.05, 4.69) is 16.0 Å². The summed E-state index contributed by atoms with van der Waals surface area (Å²) in [5.74, 6) is 0.217. The van der Waals surface area contributed by atoms with Gasteiger partial charge in [0.1, 0.15) is 5.82 Å². The highest BCUT2D eigenvalue weighted by Gasteiger charge is 2.44. The van der Waals surface area contributed by atoms with Crippen LogP contribution in [0.4, 0.5) is 13.2 Å². The predicted molar refractivity (Wildman–Crippen MR) is 135 cm³/mol. The average Bonchev–Trinajstić information content (AvgIpc) is 3.46. The molecule has 1 amide bonds. The number of nitriles is 1. The average molecular weight is 523 g/mol. The fraction of sp³-hybridized carbons (Fsp3) is 0.250. The Balaban J connectivity index is 1.56. The van der Waals surface area contributed by atoms with E-state index in [4.69, 9.17) is 16.9 Å². The normalized spacial score (nSPS) is 17.8. The first kappa shape index (κ1) is 24.8. The molecule has 0 spiro atoms. The summed E-state index contributed by atoms with van der Waals surface area (Å²) in [7, 11) is 0. The maximum Gasteiger partial charge on any atom is 0.417 e. The van der Waals surface area contributed by atoms with Crippen LogP contribution in [0.1, 0.15) is 52.6 Å². The topological polar surface area (TPSA) is 72.8 Å². The Morgan fingerprint density at radius 1 is 1.16 bits per heavy atom. The van der Waals surface area contributed by atoms with Crippen molar-refractivity contribution in [2.24, 2.45) is 0 Å². The van der Waals surface area contributed by atoms with Crippen molar-refractivity contribution in [1.29, 1.82) is 5.26 Å². The second-order valence-corrected chi connectivity index (χ2v) is 9.91. The van der Waals surface area contributed by atoms with Gasteiger partial charge in [-0.15, -0.1) is 0 Å². The second-order valence-electron chi connectivity index (χ2n) is 9.50. The number of alkyl halides is 3. The Bertz CT molecular complexity index is 1570. The van der Waals surface area contributed by atoms with Gasteiger partial charge >= 0.3 is 6.18 Å². The molecule has 1 N–H and O–H groups in total. The van der Waals surface area contributed by atoms with Gasteiger partial charge in [-0.2, -0.15) is 18.4 Å². The van der Waals surface area contributed by atoms with E-state index in [1.54, 1.807) is 17.0 Å². The lowest BCUT2D eigenvalue weighted by molar-refractivity contribution is -0.137. The Labute approximate surface area is 216 Å². The third-order valence-electron chi connectivity index (χ3n) is 7.00. The van der Waals surface area contributed by atoms with Crippen LogP contribution in [-0.2, 0) is 11.7 Å². The third kappa shape index (κ3) is 4.34. The summed E-state index contributed by atoms with van der Waals surface area (Å²) in [6, 6.07) is 16.9. The molecule has 2 heterocycles. The third-order valence-corrected chi connectivity index (χ3v) is 7.32. The smallest absolute Gasteiger partial charge is 0.340 e. The highest BCUT2D eigenvalue weighted by atomic mass is 35.5. The number of aryl methyl sites for hydroxylation is 1. The van der Waals surface area contributed by atoms with Crippen LogP contribution in [0.3, 0.4) is 0 Å². The van der Waals surface area contributed by atoms with Gasteiger partial charge in [0.15, 0.2) is 0 Å². The van der Waals surface area contributed by atoms with Crippen molar-refractivity contribution >= 4 is 28.5 Å². The van der Waals surface area contributed by atoms with Crippen LogP contribution < -0.4 is 0 Å². The number of imidazole rings is 1. The number of carbonyl (C=O) groups excluding carboxylic acids is 1. The van der Waals surface area contributed by atoms with Crippen molar-refractivity contribution in [2.45, 2.75) is 38.4 Å². The minimum Gasteiger partial charge on any atom is -0.340 e. The Kier molecular flexibility index (Phi) is 5.99. The Morgan fingerprint density at radius 2 is 1.89 bits per heavy atom. The van der Waals surface area contributed by atoms with Gasteiger partial charge in [-0.05, 0) is 68.1 Å². The molecule has 1 atom stereocenters. The minimum atomic E-state index is -4.59. The molecule has 4 aromatic rings. The number of fused-ring (bicyclic) bond motifs is 1. The van der Waals surface area contributed by atoms with E-state index in [9.17, 15) is 18.0 Å². The largest absolute Gasteiger partial charge is 0.417 e. The molecular formula is C28H22ClF3N4O. The van der Waals surface area contributed by atoms with Gasteiger partial charge < -0.3 is 9.88 Å². The first-order valence-corrected chi connectivity index (χ1v) is 12.1. The highest BCUT2D eigenvalue weighted by molar-refractivity contribution is 6.32. The number of hydrogen-bond acceptors (Lipinski definition) is 3. The molecular weight excluding hydrogens is 501 g/mol. The van der Waals surface area contributed by atoms with Crippen molar-refractivity contribution in [2.75, 3.05) is 6.54 Å². The van der Waals surface area contributed by atoms with E-state index in [0.717, 1.165) is 22.8 Å². The summed E-state index contributed by atoms with van der Waals surface area (Å²) in [5.41, 5.74) is 2.22. The molecule has 5 rings (SSSR count). The summed E-state index contributed by atoms with van der Waals surface area (Å²) in [6.45, 7) is 4.25. The maximum atomic E-state index is 14.0. The lowest BCUT2D eigenvalue weighted by Gasteiger charge is -2.34. The number of benzene rings is 3. The summed E-state index contributed by atoms with van der Waals surface area (Å²) in [4.78, 5) is 23.3. The molecule has 5 nitrogen and oxygen atoms in total. The quantitative estimate of drug-likeness (QED) is 0.308. The van der Waals surface area contributed by atoms with Crippen molar-refractivity contribution in [3.63, 3.8) is 0 Å². The van der Waals surface area contributed by atoms with Crippen LogP contribution in [0, 0.1) is 18.3 Å². The first-order valence-electron chi connectivity index (χ1n) is 11.7. The summed E-state index contributed by atoms with van der Waals surface area (Å²) in [5, 5.41) is 8.71. The summed E-state index contributed by atoms with van der Waals surface area (Å²) in [6.07, 6.45) is -3.29. The zero-order chi connectivity index (χ0) is 26.5. The number of carbonyl (C=O) groups is 1. The van der Waals surface area contributed by atoms with E-state index in [0.29, 0.717) is 41.9 Å². The Hall–Kier alpha value is -3.83. The van der Waals surface area contributed by atoms with Gasteiger partial charge in [-0.25, -0.2) is 4.98 Å². The van der Waals surface area contributed by atoms with Gasteiger partial charge in [-0.1, -0.05) is 41.4 Å². The number of likely N-dealkylation sites (tertiary alicyclic amines) is 1. The van der Waals surface area contributed by atoms with Crippen LogP contribution >= 0.6 is 11.6 Å². The van der Waals surface area contributed by atoms with Crippen molar-refractivity contribution in [3.05, 3.63) is 87.7 Å². The van der Waals surface area contributed by atoms with Crippen molar-refractivity contribution < 1.29 is 18.0 Å². The summed E-state index contributed by atoms with van der Waals surface area (Å²) < 4.78 is 40.1. The van der Waals surface area contributed by atoms with Gasteiger partial charge in [0.25, 0.3) is 5.91 Å². The maximum absolute atomic E-state index is 14.0. The van der Waals surface area contributed by atoms with E-state index in [1.165, 1.54) is 6.07 Å². The lowest BCUT2D eigenvalue weighted by atomic mass is 9.93. The van der Waals surface area contributed by atoms with Gasteiger partial charge in [0, 0.05) is 12.1 Å². The van der Waals surface area contributed by atoms with Crippen molar-refractivity contribution in [3.8, 4) is 17.2 Å². The second kappa shape index (κ2) is 8.93. The minimum absolute atomic E-state index is 0.197. The van der Waals surface area contributed by atoms with Crippen LogP contribution in [-0.4, -0.2) is 27.3 Å². The number of nitrogens with one attached hydrogen (secondary N) is 1. The fourth-order valence-electron chi connectivity index (χ4n) is 5.00. The molecule has 1 aromatic heterocycles. The van der Waals surface area contributed by atoms with Gasteiger partial charge in [0.05, 0.1) is 38.8 Å². The summed E-state index contributed by atoms with van der Waals surface area (Å²) >= 11 is 5.90. The molecule has 1 fully saturated rings. The van der Waals surface area contributed by atoms with Crippen LogP contribution in [0.2, 0.25) is 5.02 Å². The molecule has 9 heteroatoms. The lowest BCUT2D eigenvalue weighted by Crippen LogP contribution is -2.43. The molecule has 3 aromatic carbocycles. The number of aromatic nitrogens is 2. The number of rotatable bonds is 3. The van der Waals surface area contributed by atoms with Crippen molar-refractivity contribution in [1.82, 2.24) is 14.9 Å². The molecule has 1 saturated heterocycles. The Morgan fingerprint density at radius 3 is 2.57 bits per heavy atom. The monoisotopic (exact) mass is 522 g/mol. The zero-order valence-electron chi connectivity index (χ0n) is 20.1. The first-order chi connectivity index (χ1) is 17.5. The molecule has 1 aliphatic rings. The molecule has 0 radical (unpaired) electrons. The number of hydrogen-bond donors (Lipinski definition) is 1. The number of nitrogens with zero attached hydrogens (tertiary/aromatic N) is 3. The standard InChI is InChI=1S/C28H22ClF3N4O/c1-16-4-9-19(18-7-5-17(15-33)6-8-18)20(12-16)25(37)36-11-3-10-27(36,2)26-34-23-13-21(28(30,31)32)22(29)14-24(23)35-26/h4-9,12-14H,3,10-11H2,1-2H3,(H,34,35). The molecule has 0 bridgehead atoms. The fourth-order valence-corrected chi connectivity index (χ4v) is 5.26. The van der Waals surface area contributed by atoms with E-state index in [-0.39, 0.29) is 11.4 Å². The van der Waals surface area contributed by atoms with Gasteiger partial charge in [0.2, 0.25) is 0 Å².